The van der Waals surface area contributed by atoms with Crippen molar-refractivity contribution in [3.63, 3.8) is 0 Å². The van der Waals surface area contributed by atoms with Gasteiger partial charge >= 0.3 is 0 Å². The Labute approximate surface area is 187 Å². The molecule has 7 nitrogen and oxygen atoms in total. The minimum Gasteiger partial charge on any atom is -0.496 e. The average molecular weight is 478 g/mol. The maximum Gasteiger partial charge on any atom is 0.221 e. The molecule has 1 aliphatic carbocycles. The van der Waals surface area contributed by atoms with Crippen molar-refractivity contribution in [2.75, 3.05) is 45.5 Å². The summed E-state index contributed by atoms with van der Waals surface area (Å²) in [4.78, 5) is 10.7. The van der Waals surface area contributed by atoms with E-state index in [9.17, 15) is 0 Å². The number of nitrogens with zero attached hydrogens (tertiary/aromatic N) is 3. The predicted octanol–water partition coefficient (Wildman–Crippen LogP) is 3.97. The highest BCUT2D eigenvalue weighted by molar-refractivity contribution is 9.10. The molecule has 0 bridgehead atoms. The number of ether oxygens (including phenoxy) is 2. The van der Waals surface area contributed by atoms with Crippen molar-refractivity contribution in [3.8, 4) is 11.5 Å². The topological polar surface area (TPSA) is 85.5 Å². The van der Waals surface area contributed by atoms with Crippen molar-refractivity contribution < 1.29 is 9.47 Å². The molecule has 0 atom stereocenters. The van der Waals surface area contributed by atoms with Gasteiger partial charge in [-0.25, -0.2) is 4.98 Å². The summed E-state index contributed by atoms with van der Waals surface area (Å²) < 4.78 is 11.8. The molecule has 0 amide bonds. The van der Waals surface area contributed by atoms with Gasteiger partial charge in [-0.05, 0) is 66.1 Å². The van der Waals surface area contributed by atoms with Gasteiger partial charge in [-0.1, -0.05) is 0 Å². The molecule has 1 fully saturated rings. The first-order chi connectivity index (χ1) is 14.4. The molecule has 0 radical (unpaired) electrons. The van der Waals surface area contributed by atoms with E-state index in [1.807, 2.05) is 31.3 Å². The molecule has 0 spiro atoms. The molecule has 3 rings (SSSR count). The molecule has 1 heterocycles. The Balaban J connectivity index is 1.53. The van der Waals surface area contributed by atoms with E-state index in [2.05, 4.69) is 37.3 Å². The second-order valence-corrected chi connectivity index (χ2v) is 8.90. The zero-order valence-electron chi connectivity index (χ0n) is 18.2. The smallest absolute Gasteiger partial charge is 0.221 e. The molecule has 3 N–H and O–H groups in total. The summed E-state index contributed by atoms with van der Waals surface area (Å²) in [6.45, 7) is 1.76. The van der Waals surface area contributed by atoms with E-state index in [0.29, 0.717) is 17.8 Å². The van der Waals surface area contributed by atoms with Crippen LogP contribution in [0.4, 0.5) is 11.8 Å². The lowest BCUT2D eigenvalue weighted by molar-refractivity contribution is 0.312. The highest BCUT2D eigenvalue weighted by atomic mass is 79.9. The summed E-state index contributed by atoms with van der Waals surface area (Å²) in [6.07, 6.45) is 6.60. The standard InChI is InChI=1S/C22H32BrN5O2/c1-28(2)21-17(13-26-22(24)27-21)15-7-5-14(6-8-15)11-25-12-16-9-18(23)20(30-4)10-19(16)29-3/h9-10,13-15,25H,5-8,11-12H2,1-4H3,(H2,24,26,27). The molecular weight excluding hydrogens is 446 g/mol. The summed E-state index contributed by atoms with van der Waals surface area (Å²) in [5.41, 5.74) is 8.12. The second-order valence-electron chi connectivity index (χ2n) is 8.05. The predicted molar refractivity (Wildman–Crippen MR) is 124 cm³/mol. The summed E-state index contributed by atoms with van der Waals surface area (Å²) in [6, 6.07) is 3.98. The first kappa shape index (κ1) is 22.6. The number of aromatic nitrogens is 2. The third-order valence-corrected chi connectivity index (χ3v) is 6.45. The number of nitrogen functional groups attached to an aromatic ring is 1. The van der Waals surface area contributed by atoms with E-state index < -0.39 is 0 Å². The van der Waals surface area contributed by atoms with Gasteiger partial charge < -0.3 is 25.4 Å². The van der Waals surface area contributed by atoms with Crippen LogP contribution in [0.2, 0.25) is 0 Å². The maximum atomic E-state index is 5.79. The number of nitrogens with two attached hydrogens (primary N) is 1. The summed E-state index contributed by atoms with van der Waals surface area (Å²) >= 11 is 3.56. The molecule has 0 unspecified atom stereocenters. The van der Waals surface area contributed by atoms with E-state index in [-0.39, 0.29) is 0 Å². The van der Waals surface area contributed by atoms with Crippen molar-refractivity contribution in [2.24, 2.45) is 5.92 Å². The Morgan fingerprint density at radius 1 is 1.13 bits per heavy atom. The number of hydrogen-bond acceptors (Lipinski definition) is 7. The fourth-order valence-electron chi connectivity index (χ4n) is 4.19. The van der Waals surface area contributed by atoms with Crippen molar-refractivity contribution in [1.29, 1.82) is 0 Å². The number of halogens is 1. The van der Waals surface area contributed by atoms with Crippen LogP contribution < -0.4 is 25.4 Å². The first-order valence-corrected chi connectivity index (χ1v) is 11.1. The van der Waals surface area contributed by atoms with Gasteiger partial charge in [0.15, 0.2) is 0 Å². The van der Waals surface area contributed by atoms with Gasteiger partial charge in [0.1, 0.15) is 17.3 Å². The number of benzene rings is 1. The van der Waals surface area contributed by atoms with Crippen molar-refractivity contribution >= 4 is 27.7 Å². The summed E-state index contributed by atoms with van der Waals surface area (Å²) in [5, 5.41) is 3.61. The Morgan fingerprint density at radius 3 is 2.47 bits per heavy atom. The molecule has 1 aromatic carbocycles. The van der Waals surface area contributed by atoms with Crippen LogP contribution in [-0.4, -0.2) is 44.8 Å². The van der Waals surface area contributed by atoms with Crippen LogP contribution in [0.5, 0.6) is 11.5 Å². The van der Waals surface area contributed by atoms with Crippen LogP contribution in [0, 0.1) is 5.92 Å². The van der Waals surface area contributed by atoms with E-state index in [1.54, 1.807) is 14.2 Å². The van der Waals surface area contributed by atoms with Gasteiger partial charge in [0, 0.05) is 44.0 Å². The van der Waals surface area contributed by atoms with Crippen LogP contribution in [0.1, 0.15) is 42.7 Å². The third kappa shape index (κ3) is 5.35. The summed E-state index contributed by atoms with van der Waals surface area (Å²) in [7, 11) is 7.36. The molecule has 0 aliphatic heterocycles. The van der Waals surface area contributed by atoms with Gasteiger partial charge in [-0.3, -0.25) is 0 Å². The average Bonchev–Trinajstić information content (AvgIpc) is 2.74. The minimum atomic E-state index is 0.334. The number of nitrogens with one attached hydrogen (secondary N) is 1. The molecule has 2 aromatic rings. The molecule has 1 aliphatic rings. The largest absolute Gasteiger partial charge is 0.496 e. The quantitative estimate of drug-likeness (QED) is 0.594. The Kier molecular flexibility index (Phi) is 7.77. The van der Waals surface area contributed by atoms with E-state index in [1.165, 1.54) is 18.4 Å². The zero-order valence-corrected chi connectivity index (χ0v) is 19.8. The maximum absolute atomic E-state index is 5.79. The Morgan fingerprint density at radius 2 is 1.83 bits per heavy atom. The highest BCUT2D eigenvalue weighted by Gasteiger charge is 2.25. The van der Waals surface area contributed by atoms with Crippen molar-refractivity contribution in [2.45, 2.75) is 38.1 Å². The van der Waals surface area contributed by atoms with Gasteiger partial charge in [-0.15, -0.1) is 0 Å². The zero-order chi connectivity index (χ0) is 21.7. The Hall–Kier alpha value is -2.06. The second kappa shape index (κ2) is 10.3. The minimum absolute atomic E-state index is 0.334. The van der Waals surface area contributed by atoms with Crippen LogP contribution in [0.25, 0.3) is 0 Å². The monoisotopic (exact) mass is 477 g/mol. The molecule has 1 saturated carbocycles. The number of hydrogen-bond donors (Lipinski definition) is 2. The number of rotatable bonds is 8. The Bertz CT molecular complexity index is 854. The normalized spacial score (nSPS) is 18.8. The third-order valence-electron chi connectivity index (χ3n) is 5.83. The van der Waals surface area contributed by atoms with Gasteiger partial charge in [0.05, 0.1) is 18.7 Å². The molecule has 0 saturated heterocycles. The van der Waals surface area contributed by atoms with Crippen LogP contribution in [0.3, 0.4) is 0 Å². The fraction of sp³-hybridized carbons (Fsp3) is 0.545. The first-order valence-electron chi connectivity index (χ1n) is 10.3. The molecule has 164 valence electrons. The van der Waals surface area contributed by atoms with Crippen molar-refractivity contribution in [3.05, 3.63) is 33.9 Å². The molecule has 30 heavy (non-hydrogen) atoms. The SMILES string of the molecule is COc1cc(OC)c(CNCC2CCC(c3cnc(N)nc3N(C)C)CC2)cc1Br. The fourth-order valence-corrected chi connectivity index (χ4v) is 4.74. The lowest BCUT2D eigenvalue weighted by Crippen LogP contribution is -2.26. The van der Waals surface area contributed by atoms with E-state index in [4.69, 9.17) is 15.2 Å². The number of methoxy groups -OCH3 is 2. The summed E-state index contributed by atoms with van der Waals surface area (Å²) in [5.74, 6) is 4.06. The lowest BCUT2D eigenvalue weighted by Gasteiger charge is -2.30. The van der Waals surface area contributed by atoms with Crippen LogP contribution in [-0.2, 0) is 6.54 Å². The van der Waals surface area contributed by atoms with Gasteiger partial charge in [0.25, 0.3) is 0 Å². The molecular formula is C22H32BrN5O2. The van der Waals surface area contributed by atoms with Crippen LogP contribution >= 0.6 is 15.9 Å². The van der Waals surface area contributed by atoms with Gasteiger partial charge in [-0.2, -0.15) is 4.98 Å². The highest BCUT2D eigenvalue weighted by Crippen LogP contribution is 2.38. The molecule has 1 aromatic heterocycles. The van der Waals surface area contributed by atoms with E-state index in [0.717, 1.165) is 53.3 Å². The van der Waals surface area contributed by atoms with E-state index >= 15 is 0 Å². The van der Waals surface area contributed by atoms with Gasteiger partial charge in [0.2, 0.25) is 5.95 Å². The van der Waals surface area contributed by atoms with Crippen LogP contribution in [0.15, 0.2) is 22.8 Å². The van der Waals surface area contributed by atoms with Crippen molar-refractivity contribution in [1.82, 2.24) is 15.3 Å². The molecule has 8 heteroatoms. The number of anilines is 2. The lowest BCUT2D eigenvalue weighted by atomic mass is 9.79.